The highest BCUT2D eigenvalue weighted by Crippen LogP contribution is 2.45. The minimum absolute atomic E-state index is 0.151. The summed E-state index contributed by atoms with van der Waals surface area (Å²) >= 11 is 18.7. The number of fused-ring (bicyclic) bond motifs is 2. The van der Waals surface area contributed by atoms with Gasteiger partial charge in [0.1, 0.15) is 12.1 Å². The van der Waals surface area contributed by atoms with E-state index in [1.165, 1.54) is 0 Å². The van der Waals surface area contributed by atoms with E-state index in [0.717, 1.165) is 130 Å². The fourth-order valence-electron chi connectivity index (χ4n) is 11.7. The molecule has 4 fully saturated rings. The van der Waals surface area contributed by atoms with E-state index in [1.807, 2.05) is 46.2 Å². The SMILES string of the molecule is CC(C)N1CCN(C[C@@H](C(=O)N2CCN(c3ccnc4c3[C@H](C)C[C@H]4O)CC2)c2ccc(Cl)c(Cl)c2)CC1.C[C@@H]1C[C@@H](O)c2ncnc(N3CCN(C(=O)[C@H](CN4CCNCC4)c4ccc(Cl)cc4)CC3)c21. The number of aromatic nitrogens is 3. The summed E-state index contributed by atoms with van der Waals surface area (Å²) in [7, 11) is 0. The average Bonchev–Trinajstić information content (AvgIpc) is 3.87. The Morgan fingerprint density at radius 3 is 1.76 bits per heavy atom. The molecule has 15 nitrogen and oxygen atoms in total. The number of nitrogens with one attached hydrogen (secondary N) is 1. The van der Waals surface area contributed by atoms with E-state index in [0.29, 0.717) is 66.7 Å². The van der Waals surface area contributed by atoms with E-state index in [9.17, 15) is 19.8 Å². The van der Waals surface area contributed by atoms with Crippen molar-refractivity contribution in [1.29, 1.82) is 0 Å². The molecule has 2 aliphatic carbocycles. The van der Waals surface area contributed by atoms with Crippen molar-refractivity contribution in [2.75, 3.05) is 128 Å². The first-order valence-corrected chi connectivity index (χ1v) is 27.2. The molecule has 72 heavy (non-hydrogen) atoms. The van der Waals surface area contributed by atoms with Crippen LogP contribution in [-0.4, -0.2) is 185 Å². The molecule has 3 N–H and O–H groups in total. The molecule has 2 aromatic carbocycles. The number of aliphatic hydroxyl groups is 2. The summed E-state index contributed by atoms with van der Waals surface area (Å²) in [6, 6.07) is 15.9. The zero-order valence-corrected chi connectivity index (χ0v) is 44.5. The minimum Gasteiger partial charge on any atom is -0.387 e. The quantitative estimate of drug-likeness (QED) is 0.153. The van der Waals surface area contributed by atoms with Gasteiger partial charge in [-0.05, 0) is 80.0 Å². The van der Waals surface area contributed by atoms with Crippen molar-refractivity contribution < 1.29 is 19.8 Å². The van der Waals surface area contributed by atoms with Crippen molar-refractivity contribution >= 4 is 58.1 Å². The number of hydrogen-bond donors (Lipinski definition) is 3. The van der Waals surface area contributed by atoms with E-state index >= 15 is 0 Å². The number of halogens is 3. The van der Waals surface area contributed by atoms with Gasteiger partial charge in [0.05, 0.1) is 45.5 Å². The smallest absolute Gasteiger partial charge is 0.231 e. The predicted octanol–water partition coefficient (Wildman–Crippen LogP) is 6.40. The second-order valence-corrected chi connectivity index (χ2v) is 22.1. The van der Waals surface area contributed by atoms with Crippen molar-refractivity contribution in [2.45, 2.75) is 82.5 Å². The second kappa shape index (κ2) is 23.6. The molecular formula is C54H72Cl3N11O4. The highest BCUT2D eigenvalue weighted by Gasteiger charge is 2.38. The van der Waals surface area contributed by atoms with Gasteiger partial charge in [0.2, 0.25) is 11.8 Å². The lowest BCUT2D eigenvalue weighted by molar-refractivity contribution is -0.134. The number of anilines is 2. The number of hydrogen-bond acceptors (Lipinski definition) is 13. The molecule has 6 atom stereocenters. The topological polar surface area (TPSA) is 148 Å². The molecule has 6 aliphatic rings. The van der Waals surface area contributed by atoms with Crippen LogP contribution in [0.2, 0.25) is 15.1 Å². The van der Waals surface area contributed by atoms with Crippen LogP contribution >= 0.6 is 34.8 Å². The summed E-state index contributed by atoms with van der Waals surface area (Å²) in [4.78, 5) is 57.0. The first kappa shape index (κ1) is 52.7. The third-order valence-electron chi connectivity index (χ3n) is 15.9. The molecule has 2 amide bonds. The monoisotopic (exact) mass is 1040 g/mol. The molecule has 18 heteroatoms. The number of benzene rings is 2. The van der Waals surface area contributed by atoms with E-state index in [4.69, 9.17) is 34.8 Å². The van der Waals surface area contributed by atoms with E-state index in [-0.39, 0.29) is 35.5 Å². The van der Waals surface area contributed by atoms with Crippen molar-refractivity contribution in [2.24, 2.45) is 0 Å². The number of carbonyl (C=O) groups is 2. The molecule has 0 saturated carbocycles. The number of piperazine rings is 4. The molecule has 4 saturated heterocycles. The molecule has 0 spiro atoms. The van der Waals surface area contributed by atoms with E-state index in [1.54, 1.807) is 18.6 Å². The van der Waals surface area contributed by atoms with Crippen LogP contribution in [0.5, 0.6) is 0 Å². The van der Waals surface area contributed by atoms with Crippen LogP contribution in [0.25, 0.3) is 0 Å². The minimum atomic E-state index is -0.514. The standard InChI is InChI=1S/C29H39Cl2N5O2.C25H33ClN6O2/c1-19(2)34-10-8-33(9-11-34)18-22(21-4-5-23(30)24(31)17-21)29(38)36-14-12-35(13-15-36)25-6-7-32-28-26(37)16-20(3)27(25)28;1-17-14-21(33)23-22(17)24(29-16-28-23)31-10-12-32(13-11-31)25(34)20(15-30-8-6-27-7-9-30)18-2-4-19(26)5-3-18/h4-7,17,19-20,22,26,37H,8-16,18H2,1-3H3;2-5,16-17,20-21,27,33H,6-15H2,1H3/t20-,22-,26-;17-,20-,21-/m11/s1. The van der Waals surface area contributed by atoms with Crippen molar-refractivity contribution in [3.8, 4) is 0 Å². The molecule has 2 aromatic heterocycles. The zero-order chi connectivity index (χ0) is 50.6. The highest BCUT2D eigenvalue weighted by atomic mass is 35.5. The summed E-state index contributed by atoms with van der Waals surface area (Å²) in [6.07, 6.45) is 3.75. The molecule has 10 rings (SSSR count). The van der Waals surface area contributed by atoms with Gasteiger partial charge in [-0.25, -0.2) is 9.97 Å². The van der Waals surface area contributed by atoms with Crippen LogP contribution in [0.15, 0.2) is 61.1 Å². The zero-order valence-electron chi connectivity index (χ0n) is 42.3. The van der Waals surface area contributed by atoms with Crippen LogP contribution in [0.1, 0.15) is 110 Å². The molecule has 388 valence electrons. The maximum atomic E-state index is 14.0. The predicted molar refractivity (Wildman–Crippen MR) is 286 cm³/mol. The number of rotatable bonds is 11. The van der Waals surface area contributed by atoms with Crippen LogP contribution in [-0.2, 0) is 9.59 Å². The Labute approximate surface area is 440 Å². The Kier molecular flexibility index (Phi) is 17.3. The van der Waals surface area contributed by atoms with E-state index in [2.05, 4.69) is 78.5 Å². The van der Waals surface area contributed by atoms with Gasteiger partial charge in [-0.1, -0.05) is 66.8 Å². The number of carbonyl (C=O) groups excluding carboxylic acids is 2. The second-order valence-electron chi connectivity index (χ2n) is 20.9. The largest absolute Gasteiger partial charge is 0.387 e. The van der Waals surface area contributed by atoms with Gasteiger partial charge >= 0.3 is 0 Å². The lowest BCUT2D eigenvalue weighted by Gasteiger charge is -2.41. The van der Waals surface area contributed by atoms with Gasteiger partial charge in [-0.3, -0.25) is 29.3 Å². The van der Waals surface area contributed by atoms with Gasteiger partial charge in [0.25, 0.3) is 0 Å². The molecule has 6 heterocycles. The fraction of sp³-hybridized carbons (Fsp3) is 0.574. The molecule has 4 aromatic rings. The van der Waals surface area contributed by atoms with Crippen LogP contribution in [0.4, 0.5) is 11.5 Å². The Morgan fingerprint density at radius 2 is 1.17 bits per heavy atom. The van der Waals surface area contributed by atoms with Crippen molar-refractivity contribution in [3.05, 3.63) is 110 Å². The molecular weight excluding hydrogens is 973 g/mol. The number of pyridine rings is 1. The summed E-state index contributed by atoms with van der Waals surface area (Å²) in [5.74, 6) is 1.25. The summed E-state index contributed by atoms with van der Waals surface area (Å²) < 4.78 is 0. The number of aliphatic hydroxyl groups excluding tert-OH is 2. The molecule has 0 radical (unpaired) electrons. The molecule has 0 unspecified atom stereocenters. The Hall–Kier alpha value is -4.16. The van der Waals surface area contributed by atoms with Gasteiger partial charge in [0, 0.05) is 152 Å². The van der Waals surface area contributed by atoms with Crippen molar-refractivity contribution in [1.82, 2.24) is 44.8 Å². The highest BCUT2D eigenvalue weighted by molar-refractivity contribution is 6.42. The Balaban J connectivity index is 0.000000179. The van der Waals surface area contributed by atoms with Gasteiger partial charge in [-0.2, -0.15) is 0 Å². The normalized spacial score (nSPS) is 23.9. The fourth-order valence-corrected chi connectivity index (χ4v) is 12.2. The first-order valence-electron chi connectivity index (χ1n) is 26.1. The Morgan fingerprint density at radius 1 is 0.625 bits per heavy atom. The maximum Gasteiger partial charge on any atom is 0.231 e. The number of nitrogens with zero attached hydrogens (tertiary/aromatic N) is 10. The average molecular weight is 1050 g/mol. The van der Waals surface area contributed by atoms with Gasteiger partial charge < -0.3 is 35.1 Å². The maximum absolute atomic E-state index is 14.0. The van der Waals surface area contributed by atoms with Gasteiger partial charge in [-0.15, -0.1) is 0 Å². The van der Waals surface area contributed by atoms with E-state index < -0.39 is 12.2 Å². The van der Waals surface area contributed by atoms with Crippen molar-refractivity contribution in [3.63, 3.8) is 0 Å². The summed E-state index contributed by atoms with van der Waals surface area (Å²) in [6.45, 7) is 23.5. The lowest BCUT2D eigenvalue weighted by atomic mass is 9.95. The number of amides is 2. The first-order chi connectivity index (χ1) is 34.7. The third-order valence-corrected chi connectivity index (χ3v) is 16.9. The molecule has 0 bridgehead atoms. The molecule has 4 aliphatic heterocycles. The van der Waals surface area contributed by atoms with Crippen LogP contribution < -0.4 is 15.1 Å². The summed E-state index contributed by atoms with van der Waals surface area (Å²) in [5, 5.41) is 25.8. The summed E-state index contributed by atoms with van der Waals surface area (Å²) in [5.41, 5.74) is 6.89. The van der Waals surface area contributed by atoms with Crippen LogP contribution in [0, 0.1) is 0 Å². The Bertz CT molecular complexity index is 2490. The van der Waals surface area contributed by atoms with Gasteiger partial charge in [0.15, 0.2) is 0 Å². The lowest BCUT2D eigenvalue weighted by Crippen LogP contribution is -2.53. The van der Waals surface area contributed by atoms with Crippen LogP contribution in [0.3, 0.4) is 0 Å². The third kappa shape index (κ3) is 11.8.